The third-order valence-corrected chi connectivity index (χ3v) is 5.64. The van der Waals surface area contributed by atoms with Gasteiger partial charge in [0.05, 0.1) is 12.2 Å². The fraction of sp³-hybridized carbons (Fsp3) is 0.286. The van der Waals surface area contributed by atoms with Gasteiger partial charge in [0.25, 0.3) is 5.56 Å². The monoisotopic (exact) mass is 394 g/mol. The molecule has 3 aromatic rings. The third-order valence-electron chi connectivity index (χ3n) is 5.64. The molecule has 2 aliphatic heterocycles. The molecule has 4 heterocycles. The first-order valence-corrected chi connectivity index (χ1v) is 9.39. The molecule has 2 aliphatic rings. The van der Waals surface area contributed by atoms with Gasteiger partial charge >= 0.3 is 11.7 Å². The van der Waals surface area contributed by atoms with Crippen molar-refractivity contribution in [2.45, 2.75) is 25.5 Å². The Bertz CT molecular complexity index is 1200. The standard InChI is InChI=1S/C21H19N3O5/c1-12-17(19(26)24-20(22)21(24)6-8-27-11-21)15-9-14(4-5-16(15)29-12)28-10-13-3-2-7-23-18(13)25/h2-5,7,9,22H,6,8,10-11H2,1H3,(H,23,25)/p+1. The highest BCUT2D eigenvalue weighted by Crippen LogP contribution is 2.43. The fourth-order valence-electron chi connectivity index (χ4n) is 3.97. The number of hydrogen-bond donors (Lipinski definition) is 2. The van der Waals surface area contributed by atoms with Crippen LogP contribution in [0.2, 0.25) is 0 Å². The second kappa shape index (κ2) is 6.31. The summed E-state index contributed by atoms with van der Waals surface area (Å²) in [4.78, 5) is 29.3. The number of fused-ring (bicyclic) bond motifs is 1. The Morgan fingerprint density at radius 1 is 1.38 bits per heavy atom. The molecule has 0 bridgehead atoms. The number of nitrogens with zero attached hydrogens (tertiary/aromatic N) is 1. The van der Waals surface area contributed by atoms with Crippen molar-refractivity contribution >= 4 is 22.7 Å². The highest BCUT2D eigenvalue weighted by atomic mass is 16.5. The van der Waals surface area contributed by atoms with Crippen molar-refractivity contribution in [3.8, 4) is 5.75 Å². The molecule has 3 N–H and O–H groups in total. The Morgan fingerprint density at radius 2 is 2.24 bits per heavy atom. The summed E-state index contributed by atoms with van der Waals surface area (Å²) >= 11 is 0. The lowest BCUT2D eigenvalue weighted by Gasteiger charge is -2.06. The van der Waals surface area contributed by atoms with Crippen molar-refractivity contribution in [2.75, 3.05) is 13.2 Å². The van der Waals surface area contributed by atoms with Crippen molar-refractivity contribution in [1.82, 2.24) is 9.88 Å². The molecule has 29 heavy (non-hydrogen) atoms. The Labute approximate surface area is 165 Å². The highest BCUT2D eigenvalue weighted by molar-refractivity contribution is 6.23. The fourth-order valence-corrected chi connectivity index (χ4v) is 3.97. The van der Waals surface area contributed by atoms with E-state index in [1.54, 1.807) is 48.4 Å². The first-order chi connectivity index (χ1) is 14.0. The van der Waals surface area contributed by atoms with Crippen LogP contribution >= 0.6 is 0 Å². The number of aromatic nitrogens is 1. The second-order valence-corrected chi connectivity index (χ2v) is 7.36. The number of amides is 1. The minimum atomic E-state index is -0.477. The molecule has 0 radical (unpaired) electrons. The molecule has 2 fully saturated rings. The first kappa shape index (κ1) is 17.7. The summed E-state index contributed by atoms with van der Waals surface area (Å²) in [5.41, 5.74) is 0.903. The SMILES string of the molecule is Cc1oc2ccc(OCc3ccc[nH]c3=O)cc2c1C(=O)N1C(=[NH2+])C12CCOC2. The number of furan rings is 1. The summed E-state index contributed by atoms with van der Waals surface area (Å²) < 4.78 is 17.0. The number of aryl methyl sites for hydroxylation is 1. The average molecular weight is 394 g/mol. The van der Waals surface area contributed by atoms with Crippen molar-refractivity contribution in [3.63, 3.8) is 0 Å². The van der Waals surface area contributed by atoms with Crippen molar-refractivity contribution in [2.24, 2.45) is 0 Å². The number of carbonyl (C=O) groups is 1. The van der Waals surface area contributed by atoms with Gasteiger partial charge < -0.3 is 18.9 Å². The molecule has 1 atom stereocenters. The molecule has 148 valence electrons. The summed E-state index contributed by atoms with van der Waals surface area (Å²) in [7, 11) is 0. The zero-order chi connectivity index (χ0) is 20.2. The molecule has 1 spiro atoms. The number of benzene rings is 1. The van der Waals surface area contributed by atoms with E-state index in [0.29, 0.717) is 59.1 Å². The third kappa shape index (κ3) is 2.67. The van der Waals surface area contributed by atoms with E-state index in [2.05, 4.69) is 4.98 Å². The van der Waals surface area contributed by atoms with E-state index in [1.807, 2.05) is 0 Å². The number of nitrogens with two attached hydrogens (primary N) is 1. The molecule has 1 unspecified atom stereocenters. The predicted molar refractivity (Wildman–Crippen MR) is 104 cm³/mol. The Hall–Kier alpha value is -3.39. The van der Waals surface area contributed by atoms with Crippen LogP contribution in [0.3, 0.4) is 0 Å². The van der Waals surface area contributed by atoms with Gasteiger partial charge in [0.2, 0.25) is 5.54 Å². The van der Waals surface area contributed by atoms with E-state index in [9.17, 15) is 9.59 Å². The van der Waals surface area contributed by atoms with Crippen molar-refractivity contribution < 1.29 is 24.1 Å². The zero-order valence-corrected chi connectivity index (χ0v) is 15.9. The van der Waals surface area contributed by atoms with Gasteiger partial charge in [0, 0.05) is 18.0 Å². The number of carbonyl (C=O) groups excluding carboxylic acids is 1. The topological polar surface area (TPSA) is 110 Å². The molecule has 2 aromatic heterocycles. The molecule has 8 nitrogen and oxygen atoms in total. The number of hydrogen-bond acceptors (Lipinski definition) is 5. The van der Waals surface area contributed by atoms with E-state index < -0.39 is 5.54 Å². The zero-order valence-electron chi connectivity index (χ0n) is 15.9. The van der Waals surface area contributed by atoms with Gasteiger partial charge in [0.1, 0.15) is 35.9 Å². The van der Waals surface area contributed by atoms with Crippen LogP contribution in [0.4, 0.5) is 0 Å². The van der Waals surface area contributed by atoms with Crippen LogP contribution in [-0.4, -0.2) is 40.4 Å². The maximum absolute atomic E-state index is 13.2. The van der Waals surface area contributed by atoms with Gasteiger partial charge in [-0.05, 0) is 37.3 Å². The first-order valence-electron chi connectivity index (χ1n) is 9.39. The van der Waals surface area contributed by atoms with Gasteiger partial charge in [-0.15, -0.1) is 0 Å². The number of aromatic amines is 1. The maximum Gasteiger partial charge on any atom is 0.346 e. The Kier molecular flexibility index (Phi) is 3.85. The van der Waals surface area contributed by atoms with Crippen LogP contribution in [0, 0.1) is 6.92 Å². The van der Waals surface area contributed by atoms with Crippen LogP contribution in [0.1, 0.15) is 28.1 Å². The normalized spacial score (nSPS) is 20.6. The summed E-state index contributed by atoms with van der Waals surface area (Å²) in [6, 6.07) is 8.71. The lowest BCUT2D eigenvalue weighted by Crippen LogP contribution is -2.37. The number of H-pyrrole nitrogens is 1. The van der Waals surface area contributed by atoms with E-state index in [1.165, 1.54) is 0 Å². The van der Waals surface area contributed by atoms with Crippen LogP contribution < -0.4 is 15.7 Å². The van der Waals surface area contributed by atoms with Gasteiger partial charge in [-0.3, -0.25) is 10.2 Å². The molecule has 8 heteroatoms. The summed E-state index contributed by atoms with van der Waals surface area (Å²) in [6.45, 7) is 2.90. The lowest BCUT2D eigenvalue weighted by atomic mass is 10.1. The van der Waals surface area contributed by atoms with Crippen LogP contribution in [0.25, 0.3) is 11.0 Å². The van der Waals surface area contributed by atoms with Gasteiger partial charge in [0.15, 0.2) is 0 Å². The molecule has 1 aromatic carbocycles. The highest BCUT2D eigenvalue weighted by Gasteiger charge is 2.74. The van der Waals surface area contributed by atoms with E-state index in [-0.39, 0.29) is 18.1 Å². The van der Waals surface area contributed by atoms with Crippen LogP contribution in [0.5, 0.6) is 5.75 Å². The number of nitrogens with one attached hydrogen (secondary N) is 1. The van der Waals surface area contributed by atoms with Crippen molar-refractivity contribution in [3.05, 3.63) is 63.8 Å². The minimum Gasteiger partial charge on any atom is -0.489 e. The molecule has 1 amide bonds. The van der Waals surface area contributed by atoms with E-state index in [0.717, 1.165) is 0 Å². The number of pyridine rings is 1. The Balaban J connectivity index is 1.45. The lowest BCUT2D eigenvalue weighted by molar-refractivity contribution is -0.113. The molecular weight excluding hydrogens is 374 g/mol. The Morgan fingerprint density at radius 3 is 3.00 bits per heavy atom. The van der Waals surface area contributed by atoms with Gasteiger partial charge in [-0.25, -0.2) is 4.79 Å². The average Bonchev–Trinajstić information content (AvgIpc) is 3.04. The number of amidine groups is 1. The minimum absolute atomic E-state index is 0.120. The van der Waals surface area contributed by atoms with Crippen LogP contribution in [0.15, 0.2) is 45.7 Å². The van der Waals surface area contributed by atoms with Crippen LogP contribution in [-0.2, 0) is 11.3 Å². The summed E-state index contributed by atoms with van der Waals surface area (Å²) in [6.07, 6.45) is 2.28. The summed E-state index contributed by atoms with van der Waals surface area (Å²) in [5.74, 6) is 1.41. The molecule has 0 aliphatic carbocycles. The van der Waals surface area contributed by atoms with Crippen molar-refractivity contribution in [1.29, 1.82) is 0 Å². The van der Waals surface area contributed by atoms with Gasteiger partial charge in [-0.1, -0.05) is 0 Å². The molecular formula is C21H20N3O5+. The van der Waals surface area contributed by atoms with E-state index >= 15 is 0 Å². The van der Waals surface area contributed by atoms with E-state index in [4.69, 9.17) is 19.3 Å². The second-order valence-electron chi connectivity index (χ2n) is 7.36. The number of ether oxygens (including phenoxy) is 2. The number of rotatable bonds is 4. The molecule has 5 rings (SSSR count). The molecule has 2 saturated heterocycles. The summed E-state index contributed by atoms with van der Waals surface area (Å²) in [5, 5.41) is 6.77. The van der Waals surface area contributed by atoms with Gasteiger partial charge in [-0.2, -0.15) is 4.90 Å². The smallest absolute Gasteiger partial charge is 0.346 e. The largest absolute Gasteiger partial charge is 0.489 e. The predicted octanol–water partition coefficient (Wildman–Crippen LogP) is 0.781. The maximum atomic E-state index is 13.2. The quantitative estimate of drug-likeness (QED) is 0.636. The molecule has 0 saturated carbocycles.